The molecule has 0 fully saturated rings. The van der Waals surface area contributed by atoms with Crippen LogP contribution in [0.3, 0.4) is 0 Å². The molecule has 0 aliphatic carbocycles. The zero-order valence-electron chi connectivity index (χ0n) is 13.5. The summed E-state index contributed by atoms with van der Waals surface area (Å²) in [4.78, 5) is 33.4. The van der Waals surface area contributed by atoms with Crippen LogP contribution < -0.4 is 9.47 Å². The van der Waals surface area contributed by atoms with Crippen LogP contribution in [-0.4, -0.2) is 27.9 Å². The van der Waals surface area contributed by atoms with Gasteiger partial charge in [0, 0.05) is 18.2 Å². The highest BCUT2D eigenvalue weighted by molar-refractivity contribution is 6.14. The number of carboxylic acid groups (broad SMARTS) is 1. The Hall–Kier alpha value is -3.68. The Labute approximate surface area is 147 Å². The molecule has 3 rings (SSSR count). The molecule has 0 aromatic heterocycles. The lowest BCUT2D eigenvalue weighted by Crippen LogP contribution is -2.22. The van der Waals surface area contributed by atoms with Crippen molar-refractivity contribution in [3.05, 3.63) is 69.5 Å². The fourth-order valence-corrected chi connectivity index (χ4v) is 2.34. The number of nitro benzene ring substituents is 1. The summed E-state index contributed by atoms with van der Waals surface area (Å²) in [6, 6.07) is 10.1. The number of rotatable bonds is 5. The second kappa shape index (κ2) is 6.67. The van der Waals surface area contributed by atoms with Crippen LogP contribution in [0, 0.1) is 10.1 Å². The first-order valence-corrected chi connectivity index (χ1v) is 7.57. The average Bonchev–Trinajstić information content (AvgIpc) is 2.90. The summed E-state index contributed by atoms with van der Waals surface area (Å²) in [5.41, 5.74) is 0.847. The lowest BCUT2D eigenvalue weighted by Gasteiger charge is -2.10. The number of ketones is 1. The number of benzene rings is 2. The quantitative estimate of drug-likeness (QED) is 0.498. The number of nitro groups is 1. The third-order valence-electron chi connectivity index (χ3n) is 3.70. The van der Waals surface area contributed by atoms with Crippen molar-refractivity contribution in [3.8, 4) is 11.5 Å². The molecule has 0 saturated carbocycles. The predicted molar refractivity (Wildman–Crippen MR) is 90.2 cm³/mol. The van der Waals surface area contributed by atoms with E-state index in [1.54, 1.807) is 0 Å². The maximum Gasteiger partial charge on any atom is 0.344 e. The van der Waals surface area contributed by atoms with Crippen molar-refractivity contribution in [3.63, 3.8) is 0 Å². The van der Waals surface area contributed by atoms with Gasteiger partial charge in [-0.15, -0.1) is 0 Å². The fraction of sp³-hybridized carbons (Fsp3) is 0.111. The molecule has 0 bridgehead atoms. The van der Waals surface area contributed by atoms with Crippen LogP contribution in [-0.2, 0) is 4.79 Å². The van der Waals surface area contributed by atoms with E-state index in [1.807, 2.05) is 0 Å². The Bertz CT molecular complexity index is 931. The lowest BCUT2D eigenvalue weighted by molar-refractivity contribution is -0.384. The summed E-state index contributed by atoms with van der Waals surface area (Å²) in [6.45, 7) is 1.39. The van der Waals surface area contributed by atoms with Crippen molar-refractivity contribution < 1.29 is 29.1 Å². The third kappa shape index (κ3) is 3.39. The number of non-ortho nitro benzene ring substituents is 1. The smallest absolute Gasteiger partial charge is 0.344 e. The minimum absolute atomic E-state index is 0.0524. The van der Waals surface area contributed by atoms with E-state index in [-0.39, 0.29) is 28.7 Å². The summed E-state index contributed by atoms with van der Waals surface area (Å²) >= 11 is 0. The number of ether oxygens (including phenoxy) is 2. The molecule has 0 radical (unpaired) electrons. The van der Waals surface area contributed by atoms with Gasteiger partial charge in [-0.25, -0.2) is 4.79 Å². The molecule has 2 aromatic rings. The Morgan fingerprint density at radius 3 is 2.58 bits per heavy atom. The van der Waals surface area contributed by atoms with Gasteiger partial charge < -0.3 is 14.6 Å². The molecule has 1 N–H and O–H groups in total. The van der Waals surface area contributed by atoms with Crippen molar-refractivity contribution in [2.45, 2.75) is 13.0 Å². The molecule has 0 spiro atoms. The van der Waals surface area contributed by atoms with Gasteiger partial charge in [-0.05, 0) is 42.8 Å². The van der Waals surface area contributed by atoms with Crippen molar-refractivity contribution in [2.24, 2.45) is 0 Å². The molecule has 26 heavy (non-hydrogen) atoms. The fourth-order valence-electron chi connectivity index (χ4n) is 2.34. The first-order valence-electron chi connectivity index (χ1n) is 7.57. The number of nitrogens with zero attached hydrogens (tertiary/aromatic N) is 1. The lowest BCUT2D eigenvalue weighted by atomic mass is 10.1. The zero-order valence-corrected chi connectivity index (χ0v) is 13.5. The number of aliphatic carboxylic acids is 1. The van der Waals surface area contributed by atoms with Gasteiger partial charge in [0.2, 0.25) is 5.78 Å². The van der Waals surface area contributed by atoms with E-state index in [0.29, 0.717) is 11.1 Å². The predicted octanol–water partition coefficient (Wildman–Crippen LogP) is 3.06. The van der Waals surface area contributed by atoms with Crippen LogP contribution in [0.2, 0.25) is 0 Å². The second-order valence-electron chi connectivity index (χ2n) is 5.54. The minimum atomic E-state index is -1.11. The van der Waals surface area contributed by atoms with Gasteiger partial charge in [0.25, 0.3) is 5.69 Å². The van der Waals surface area contributed by atoms with Crippen LogP contribution in [0.5, 0.6) is 11.5 Å². The Kier molecular flexibility index (Phi) is 4.40. The van der Waals surface area contributed by atoms with Crippen LogP contribution in [0.4, 0.5) is 5.69 Å². The standard InChI is InChI=1S/C18H13NO7/c1-10(18(21)22)25-13-6-7-14-15(9-13)26-16(17(14)20)8-11-2-4-12(5-3-11)19(23)24/h2-10H,1H3,(H,21,22). The van der Waals surface area contributed by atoms with Crippen LogP contribution >= 0.6 is 0 Å². The Morgan fingerprint density at radius 2 is 1.96 bits per heavy atom. The minimum Gasteiger partial charge on any atom is -0.479 e. The second-order valence-corrected chi connectivity index (χ2v) is 5.54. The first-order chi connectivity index (χ1) is 12.3. The molecule has 1 atom stereocenters. The molecule has 1 unspecified atom stereocenters. The maximum absolute atomic E-state index is 12.4. The normalized spacial score (nSPS) is 15.3. The molecule has 1 aliphatic heterocycles. The number of carbonyl (C=O) groups excluding carboxylic acids is 1. The summed E-state index contributed by atoms with van der Waals surface area (Å²) in [5.74, 6) is -0.851. The molecular weight excluding hydrogens is 342 g/mol. The summed E-state index contributed by atoms with van der Waals surface area (Å²) in [5, 5.41) is 19.5. The SMILES string of the molecule is CC(Oc1ccc2c(c1)OC(=Cc1ccc([N+](=O)[O-])cc1)C2=O)C(=O)O. The van der Waals surface area contributed by atoms with Gasteiger partial charge in [0.1, 0.15) is 11.5 Å². The van der Waals surface area contributed by atoms with E-state index in [1.165, 1.54) is 55.5 Å². The summed E-state index contributed by atoms with van der Waals surface area (Å²) < 4.78 is 10.8. The van der Waals surface area contributed by atoms with Crippen molar-refractivity contribution in [1.82, 2.24) is 0 Å². The number of Topliss-reactive ketones (excluding diaryl/α,β-unsaturated/α-hetero) is 1. The first kappa shape index (κ1) is 17.2. The van der Waals surface area contributed by atoms with Crippen molar-refractivity contribution in [2.75, 3.05) is 0 Å². The third-order valence-corrected chi connectivity index (χ3v) is 3.70. The number of allylic oxidation sites excluding steroid dienone is 1. The highest BCUT2D eigenvalue weighted by atomic mass is 16.6. The molecule has 0 saturated heterocycles. The van der Waals surface area contributed by atoms with Crippen LogP contribution in [0.15, 0.2) is 48.2 Å². The number of carbonyl (C=O) groups is 2. The largest absolute Gasteiger partial charge is 0.479 e. The van der Waals surface area contributed by atoms with Gasteiger partial charge in [-0.2, -0.15) is 0 Å². The molecular formula is C18H13NO7. The number of hydrogen-bond acceptors (Lipinski definition) is 6. The van der Waals surface area contributed by atoms with E-state index in [0.717, 1.165) is 0 Å². The van der Waals surface area contributed by atoms with E-state index in [2.05, 4.69) is 0 Å². The van der Waals surface area contributed by atoms with Crippen molar-refractivity contribution in [1.29, 1.82) is 0 Å². The molecule has 2 aromatic carbocycles. The molecule has 132 valence electrons. The van der Waals surface area contributed by atoms with Gasteiger partial charge in [0.15, 0.2) is 11.9 Å². The zero-order chi connectivity index (χ0) is 18.8. The summed E-state index contributed by atoms with van der Waals surface area (Å²) in [6.07, 6.45) is 0.437. The van der Waals surface area contributed by atoms with Crippen LogP contribution in [0.25, 0.3) is 6.08 Å². The van der Waals surface area contributed by atoms with E-state index < -0.39 is 17.0 Å². The average molecular weight is 355 g/mol. The highest BCUT2D eigenvalue weighted by Gasteiger charge is 2.28. The van der Waals surface area contributed by atoms with E-state index >= 15 is 0 Å². The molecule has 1 aliphatic rings. The maximum atomic E-state index is 12.4. The molecule has 8 heteroatoms. The Balaban J connectivity index is 1.82. The number of hydrogen-bond donors (Lipinski definition) is 1. The highest BCUT2D eigenvalue weighted by Crippen LogP contribution is 2.35. The topological polar surface area (TPSA) is 116 Å². The monoisotopic (exact) mass is 355 g/mol. The van der Waals surface area contributed by atoms with Gasteiger partial charge in [0.05, 0.1) is 10.5 Å². The summed E-state index contributed by atoms with van der Waals surface area (Å²) in [7, 11) is 0. The van der Waals surface area contributed by atoms with E-state index in [9.17, 15) is 19.7 Å². The van der Waals surface area contributed by atoms with Gasteiger partial charge >= 0.3 is 5.97 Å². The number of carboxylic acids is 1. The number of fused-ring (bicyclic) bond motifs is 1. The van der Waals surface area contributed by atoms with Crippen LogP contribution in [0.1, 0.15) is 22.8 Å². The van der Waals surface area contributed by atoms with E-state index in [4.69, 9.17) is 14.6 Å². The molecule has 0 amide bonds. The van der Waals surface area contributed by atoms with Gasteiger partial charge in [-0.1, -0.05) is 0 Å². The van der Waals surface area contributed by atoms with Crippen molar-refractivity contribution >= 4 is 23.5 Å². The van der Waals surface area contributed by atoms with Gasteiger partial charge in [-0.3, -0.25) is 14.9 Å². The molecule has 8 nitrogen and oxygen atoms in total. The molecule has 1 heterocycles. The Morgan fingerprint density at radius 1 is 1.27 bits per heavy atom.